The summed E-state index contributed by atoms with van der Waals surface area (Å²) in [6.45, 7) is 0. The van der Waals surface area contributed by atoms with Gasteiger partial charge in [0.05, 0.1) is 12.6 Å². The number of carbonyl (C=O) groups excluding carboxylic acids is 1. The minimum Gasteiger partial charge on any atom is -0.497 e. The Labute approximate surface area is 158 Å². The van der Waals surface area contributed by atoms with Crippen molar-refractivity contribution in [2.45, 2.75) is 0 Å². The third-order valence-corrected chi connectivity index (χ3v) is 4.25. The number of ether oxygens (including phenoxy) is 1. The second-order valence-electron chi connectivity index (χ2n) is 5.98. The molecule has 8 nitrogen and oxygen atoms in total. The number of fused-ring (bicyclic) bond motifs is 1. The van der Waals surface area contributed by atoms with Gasteiger partial charge in [-0.15, -0.1) is 0 Å². The first-order valence-corrected chi connectivity index (χ1v) is 8.32. The van der Waals surface area contributed by atoms with Crippen LogP contribution in [0.15, 0.2) is 59.0 Å². The summed E-state index contributed by atoms with van der Waals surface area (Å²) >= 11 is 0. The molecule has 0 radical (unpaired) electrons. The Morgan fingerprint density at radius 2 is 1.89 bits per heavy atom. The number of aromatic carboxylic acids is 1. The summed E-state index contributed by atoms with van der Waals surface area (Å²) in [5, 5.41) is 19.5. The molecule has 0 aliphatic rings. The Bertz CT molecular complexity index is 1170. The molecule has 0 bridgehead atoms. The van der Waals surface area contributed by atoms with E-state index in [1.165, 1.54) is 6.07 Å². The standard InChI is InChI=1S/C20H15N3O5/c1-27-13-5-2-11(3-6-13)19(24)21-18-14-10-12(4-7-15(14)22-23-18)16-8-9-17(28-16)20(25)26/h2-10H,1H3,(H,25,26)(H2,21,22,23,24). The van der Waals surface area contributed by atoms with Crippen LogP contribution in [-0.4, -0.2) is 34.3 Å². The first-order chi connectivity index (χ1) is 13.5. The average molecular weight is 377 g/mol. The lowest BCUT2D eigenvalue weighted by molar-refractivity contribution is 0.0663. The topological polar surface area (TPSA) is 117 Å². The first kappa shape index (κ1) is 17.3. The molecular weight excluding hydrogens is 362 g/mol. The van der Waals surface area contributed by atoms with Crippen LogP contribution < -0.4 is 10.1 Å². The fourth-order valence-corrected chi connectivity index (χ4v) is 2.79. The zero-order valence-electron chi connectivity index (χ0n) is 14.7. The minimum absolute atomic E-state index is 0.143. The van der Waals surface area contributed by atoms with E-state index in [-0.39, 0.29) is 11.7 Å². The monoisotopic (exact) mass is 377 g/mol. The highest BCUT2D eigenvalue weighted by Gasteiger charge is 2.15. The van der Waals surface area contributed by atoms with Gasteiger partial charge in [0.25, 0.3) is 5.91 Å². The Kier molecular flexibility index (Phi) is 4.29. The number of benzene rings is 2. The van der Waals surface area contributed by atoms with E-state index >= 15 is 0 Å². The van der Waals surface area contributed by atoms with Gasteiger partial charge in [-0.2, -0.15) is 5.10 Å². The molecular formula is C20H15N3O5. The van der Waals surface area contributed by atoms with Crippen molar-refractivity contribution in [1.82, 2.24) is 10.2 Å². The van der Waals surface area contributed by atoms with Gasteiger partial charge in [0.15, 0.2) is 5.82 Å². The summed E-state index contributed by atoms with van der Waals surface area (Å²) in [5.74, 6) is -0.160. The van der Waals surface area contributed by atoms with Gasteiger partial charge in [-0.1, -0.05) is 0 Å². The number of hydrogen-bond acceptors (Lipinski definition) is 5. The number of carbonyl (C=O) groups is 2. The van der Waals surface area contributed by atoms with Gasteiger partial charge in [0.1, 0.15) is 11.5 Å². The van der Waals surface area contributed by atoms with Gasteiger partial charge in [0, 0.05) is 16.5 Å². The Morgan fingerprint density at radius 1 is 1.11 bits per heavy atom. The molecule has 4 aromatic rings. The fraction of sp³-hybridized carbons (Fsp3) is 0.0500. The first-order valence-electron chi connectivity index (χ1n) is 8.32. The minimum atomic E-state index is -1.14. The van der Waals surface area contributed by atoms with Crippen LogP contribution in [0, 0.1) is 0 Å². The summed E-state index contributed by atoms with van der Waals surface area (Å²) in [5.41, 5.74) is 1.85. The van der Waals surface area contributed by atoms with Gasteiger partial charge < -0.3 is 19.6 Å². The zero-order valence-corrected chi connectivity index (χ0v) is 14.7. The van der Waals surface area contributed by atoms with Crippen molar-refractivity contribution in [3.05, 3.63) is 65.9 Å². The number of aromatic nitrogens is 2. The number of aromatic amines is 1. The smallest absolute Gasteiger partial charge is 0.371 e. The molecule has 0 aliphatic carbocycles. The number of methoxy groups -OCH3 is 1. The van der Waals surface area contributed by atoms with E-state index in [2.05, 4.69) is 15.5 Å². The quantitative estimate of drug-likeness (QED) is 0.487. The SMILES string of the molecule is COc1ccc(C(=O)Nc2n[nH]c3ccc(-c4ccc(C(=O)O)o4)cc23)cc1. The van der Waals surface area contributed by atoms with E-state index in [4.69, 9.17) is 14.3 Å². The highest BCUT2D eigenvalue weighted by molar-refractivity contribution is 6.08. The van der Waals surface area contributed by atoms with E-state index in [0.717, 1.165) is 5.52 Å². The van der Waals surface area contributed by atoms with Crippen LogP contribution in [-0.2, 0) is 0 Å². The summed E-state index contributed by atoms with van der Waals surface area (Å²) in [4.78, 5) is 23.5. The number of H-pyrrole nitrogens is 1. The molecule has 2 heterocycles. The molecule has 2 aromatic heterocycles. The summed E-state index contributed by atoms with van der Waals surface area (Å²) < 4.78 is 10.4. The molecule has 140 valence electrons. The fourth-order valence-electron chi connectivity index (χ4n) is 2.79. The number of nitrogens with one attached hydrogen (secondary N) is 2. The molecule has 2 aromatic carbocycles. The predicted molar refractivity (Wildman–Crippen MR) is 102 cm³/mol. The van der Waals surface area contributed by atoms with E-state index in [9.17, 15) is 9.59 Å². The molecule has 0 fully saturated rings. The van der Waals surface area contributed by atoms with Gasteiger partial charge in [0.2, 0.25) is 5.76 Å². The second kappa shape index (κ2) is 6.92. The Morgan fingerprint density at radius 3 is 2.57 bits per heavy atom. The lowest BCUT2D eigenvalue weighted by Crippen LogP contribution is -2.12. The number of carboxylic acid groups (broad SMARTS) is 1. The van der Waals surface area contributed by atoms with E-state index < -0.39 is 5.97 Å². The normalized spacial score (nSPS) is 10.8. The van der Waals surface area contributed by atoms with Crippen LogP contribution in [0.25, 0.3) is 22.2 Å². The van der Waals surface area contributed by atoms with E-state index in [1.54, 1.807) is 55.6 Å². The van der Waals surface area contributed by atoms with Crippen LogP contribution >= 0.6 is 0 Å². The number of hydrogen-bond donors (Lipinski definition) is 3. The van der Waals surface area contributed by atoms with Crippen molar-refractivity contribution < 1.29 is 23.8 Å². The summed E-state index contributed by atoms with van der Waals surface area (Å²) in [6, 6.07) is 15.0. The molecule has 0 aliphatic heterocycles. The maximum atomic E-state index is 12.5. The second-order valence-corrected chi connectivity index (χ2v) is 5.98. The Balaban J connectivity index is 1.63. The molecule has 0 saturated carbocycles. The van der Waals surface area contributed by atoms with Crippen LogP contribution in [0.1, 0.15) is 20.9 Å². The molecule has 0 unspecified atom stereocenters. The molecule has 8 heteroatoms. The third kappa shape index (κ3) is 3.18. The van der Waals surface area contributed by atoms with Crippen LogP contribution in [0.2, 0.25) is 0 Å². The van der Waals surface area contributed by atoms with E-state index in [1.807, 2.05) is 0 Å². The number of anilines is 1. The van der Waals surface area contributed by atoms with Crippen molar-refractivity contribution >= 4 is 28.6 Å². The van der Waals surface area contributed by atoms with E-state index in [0.29, 0.717) is 33.8 Å². The number of nitrogens with zero attached hydrogens (tertiary/aromatic N) is 1. The highest BCUT2D eigenvalue weighted by atomic mass is 16.5. The molecule has 3 N–H and O–H groups in total. The van der Waals surface area contributed by atoms with Gasteiger partial charge in [-0.3, -0.25) is 9.89 Å². The lowest BCUT2D eigenvalue weighted by Gasteiger charge is -2.05. The van der Waals surface area contributed by atoms with Crippen molar-refractivity contribution in [2.24, 2.45) is 0 Å². The third-order valence-electron chi connectivity index (χ3n) is 4.25. The number of furan rings is 1. The van der Waals surface area contributed by atoms with Crippen LogP contribution in [0.3, 0.4) is 0 Å². The maximum absolute atomic E-state index is 12.5. The predicted octanol–water partition coefficient (Wildman–Crippen LogP) is 3.78. The van der Waals surface area contributed by atoms with Crippen molar-refractivity contribution in [3.63, 3.8) is 0 Å². The largest absolute Gasteiger partial charge is 0.497 e. The number of carboxylic acids is 1. The summed E-state index contributed by atoms with van der Waals surface area (Å²) in [7, 11) is 1.56. The van der Waals surface area contributed by atoms with Crippen molar-refractivity contribution in [2.75, 3.05) is 12.4 Å². The van der Waals surface area contributed by atoms with Gasteiger partial charge >= 0.3 is 5.97 Å². The lowest BCUT2D eigenvalue weighted by atomic mass is 10.1. The van der Waals surface area contributed by atoms with Gasteiger partial charge in [-0.25, -0.2) is 4.79 Å². The van der Waals surface area contributed by atoms with Crippen LogP contribution in [0.4, 0.5) is 5.82 Å². The number of rotatable bonds is 5. The molecule has 0 spiro atoms. The molecule has 0 atom stereocenters. The average Bonchev–Trinajstić information content (AvgIpc) is 3.35. The summed E-state index contributed by atoms with van der Waals surface area (Å²) in [6.07, 6.45) is 0. The maximum Gasteiger partial charge on any atom is 0.371 e. The van der Waals surface area contributed by atoms with Gasteiger partial charge in [-0.05, 0) is 54.6 Å². The number of amides is 1. The zero-order chi connectivity index (χ0) is 19.7. The van der Waals surface area contributed by atoms with Crippen LogP contribution in [0.5, 0.6) is 5.75 Å². The molecule has 1 amide bonds. The molecule has 4 rings (SSSR count). The molecule has 0 saturated heterocycles. The molecule has 28 heavy (non-hydrogen) atoms. The van der Waals surface area contributed by atoms with Crippen molar-refractivity contribution in [3.8, 4) is 17.1 Å². The van der Waals surface area contributed by atoms with Crippen molar-refractivity contribution in [1.29, 1.82) is 0 Å². The Hall–Kier alpha value is -4.07. The highest BCUT2D eigenvalue weighted by Crippen LogP contribution is 2.29.